The van der Waals surface area contributed by atoms with Crippen LogP contribution in [0.1, 0.15) is 63.4 Å². The fraction of sp³-hybridized carbons (Fsp3) is 0.408. The Kier molecular flexibility index (Phi) is 15.6. The van der Waals surface area contributed by atoms with Gasteiger partial charge in [-0.2, -0.15) is 4.98 Å². The molecule has 1 aliphatic heterocycles. The van der Waals surface area contributed by atoms with Crippen LogP contribution in [0.4, 0.5) is 10.3 Å². The van der Waals surface area contributed by atoms with E-state index in [-0.39, 0.29) is 28.8 Å². The lowest BCUT2D eigenvalue weighted by molar-refractivity contribution is -0.118. The van der Waals surface area contributed by atoms with Gasteiger partial charge in [0.2, 0.25) is 11.9 Å². The van der Waals surface area contributed by atoms with Gasteiger partial charge in [0.1, 0.15) is 53.6 Å². The first-order valence-electron chi connectivity index (χ1n) is 23.3. The van der Waals surface area contributed by atoms with E-state index in [1.807, 2.05) is 54.6 Å². The Morgan fingerprint density at radius 2 is 1.60 bits per heavy atom. The van der Waals surface area contributed by atoms with Crippen molar-refractivity contribution < 1.29 is 46.5 Å². The molecular formula is C49H59FN9O10PSSi. The number of hydrogen-bond acceptors (Lipinski definition) is 15. The van der Waals surface area contributed by atoms with Gasteiger partial charge in [-0.15, -0.1) is 0 Å². The lowest BCUT2D eigenvalue weighted by atomic mass is 9.80. The zero-order chi connectivity index (χ0) is 51.6. The number of H-pyrrole nitrogens is 1. The fourth-order valence-electron chi connectivity index (χ4n) is 8.08. The number of methoxy groups -OCH3 is 2. The van der Waals surface area contributed by atoms with Crippen LogP contribution < -0.4 is 20.3 Å². The third-order valence-corrected chi connectivity index (χ3v) is 19.1. The minimum Gasteiger partial charge on any atom is -0.497 e. The summed E-state index contributed by atoms with van der Waals surface area (Å²) < 4.78 is 64.1. The summed E-state index contributed by atoms with van der Waals surface area (Å²) >= 11 is 5.64. The van der Waals surface area contributed by atoms with Gasteiger partial charge in [0.05, 0.1) is 40.0 Å². The second-order valence-corrected chi connectivity index (χ2v) is 26.6. The molecule has 1 amide bonds. The maximum absolute atomic E-state index is 17.7. The van der Waals surface area contributed by atoms with Crippen molar-refractivity contribution in [1.82, 2.24) is 39.0 Å². The van der Waals surface area contributed by atoms with Gasteiger partial charge >= 0.3 is 6.72 Å². The smallest absolute Gasteiger partial charge is 0.325 e. The van der Waals surface area contributed by atoms with E-state index in [1.54, 1.807) is 63.1 Å². The second kappa shape index (κ2) is 21.3. The first kappa shape index (κ1) is 52.5. The van der Waals surface area contributed by atoms with Crippen LogP contribution >= 0.6 is 6.72 Å². The quantitative estimate of drug-likeness (QED) is 0.0374. The molecule has 4 aromatic heterocycles. The highest BCUT2D eigenvalue weighted by Gasteiger charge is 2.51. The highest BCUT2D eigenvalue weighted by atomic mass is 32.5. The van der Waals surface area contributed by atoms with E-state index in [9.17, 15) is 14.5 Å². The van der Waals surface area contributed by atoms with Crippen LogP contribution in [0.5, 0.6) is 11.5 Å². The molecule has 1 aliphatic rings. The van der Waals surface area contributed by atoms with Crippen LogP contribution in [-0.2, 0) is 58.3 Å². The third kappa shape index (κ3) is 10.9. The summed E-state index contributed by atoms with van der Waals surface area (Å²) in [4.78, 5) is 62.6. The Labute approximate surface area is 421 Å². The summed E-state index contributed by atoms with van der Waals surface area (Å²) in [7, 11) is 1.01. The van der Waals surface area contributed by atoms with Crippen molar-refractivity contribution in [3.05, 3.63) is 131 Å². The van der Waals surface area contributed by atoms with Crippen molar-refractivity contribution >= 4 is 61.0 Å². The van der Waals surface area contributed by atoms with Crippen LogP contribution in [-0.4, -0.2) is 104 Å². The zero-order valence-electron chi connectivity index (χ0n) is 41.4. The van der Waals surface area contributed by atoms with Crippen molar-refractivity contribution in [2.24, 2.45) is 5.92 Å². The number of aromatic nitrogens is 8. The molecule has 23 heteroatoms. The topological polar surface area (TPSA) is 221 Å². The molecule has 19 nitrogen and oxygen atoms in total. The first-order chi connectivity index (χ1) is 34.2. The standard InChI is InChI=1S/C49H59FN9O10PSSi/c1-30(2)44(60)56-47-55-43-40(45(61)57-47)53-29-59(43)46-41(69-70(62,71)66-27-38-54-36-25-51-28-52-42(36)58(38)23-24-67-72(8,9)48(3,4)5)39(50)37(68-46)26-65-49(31-13-11-10-12-14-31,32-15-19-34(63-6)20-16-32)33-17-21-35(64-7)22-18-33/h10-22,25,28-30,37,39,41,46H,23-24,26-27H2,1-9H3,(H,62,71)(H2,55,56,57,60,61)/t37-,39-,41-,46-,70?/m1/s1. The zero-order valence-corrected chi connectivity index (χ0v) is 44.1. The molecule has 3 N–H and O–H groups in total. The minimum absolute atomic E-state index is 0.0289. The van der Waals surface area contributed by atoms with Gasteiger partial charge in [0.15, 0.2) is 37.5 Å². The maximum Gasteiger partial charge on any atom is 0.325 e. The Hall–Kier alpha value is -5.81. The van der Waals surface area contributed by atoms with Crippen molar-refractivity contribution in [2.45, 2.75) is 96.1 Å². The average molecular weight is 1040 g/mol. The summed E-state index contributed by atoms with van der Waals surface area (Å²) in [6.07, 6.45) is -2.49. The van der Waals surface area contributed by atoms with Gasteiger partial charge in [0.25, 0.3) is 5.56 Å². The highest BCUT2D eigenvalue weighted by Crippen LogP contribution is 2.52. The number of ether oxygens (including phenoxy) is 4. The van der Waals surface area contributed by atoms with Crippen molar-refractivity contribution in [3.8, 4) is 11.5 Å². The molecule has 5 atom stereocenters. The van der Waals surface area contributed by atoms with Crippen LogP contribution in [0.3, 0.4) is 0 Å². The van der Waals surface area contributed by atoms with Gasteiger partial charge in [-0.05, 0) is 70.9 Å². The van der Waals surface area contributed by atoms with E-state index in [2.05, 4.69) is 69.1 Å². The van der Waals surface area contributed by atoms with E-state index >= 15 is 4.39 Å². The van der Waals surface area contributed by atoms with Gasteiger partial charge < -0.3 is 37.4 Å². The van der Waals surface area contributed by atoms with Crippen LogP contribution in [0, 0.1) is 5.92 Å². The monoisotopic (exact) mass is 1040 g/mol. The Morgan fingerprint density at radius 3 is 2.21 bits per heavy atom. The lowest BCUT2D eigenvalue weighted by Gasteiger charge is -2.37. The summed E-state index contributed by atoms with van der Waals surface area (Å²) in [5.74, 6) is 0.513. The van der Waals surface area contributed by atoms with E-state index in [0.717, 1.165) is 0 Å². The largest absolute Gasteiger partial charge is 0.497 e. The molecule has 5 heterocycles. The predicted octanol–water partition coefficient (Wildman–Crippen LogP) is 7.96. The number of benzene rings is 3. The van der Waals surface area contributed by atoms with Crippen molar-refractivity contribution in [1.29, 1.82) is 0 Å². The number of rotatable bonds is 20. The molecule has 0 radical (unpaired) electrons. The number of anilines is 1. The normalized spacial score (nSPS) is 18.4. The number of imidazole rings is 2. The molecule has 0 spiro atoms. The Balaban J connectivity index is 1.15. The van der Waals surface area contributed by atoms with E-state index in [0.29, 0.717) is 58.3 Å². The number of halogens is 1. The predicted molar refractivity (Wildman–Crippen MR) is 273 cm³/mol. The molecule has 1 unspecified atom stereocenters. The molecule has 1 fully saturated rings. The molecule has 0 bridgehead atoms. The Morgan fingerprint density at radius 1 is 0.958 bits per heavy atom. The van der Waals surface area contributed by atoms with Crippen molar-refractivity contribution in [3.63, 3.8) is 0 Å². The van der Waals surface area contributed by atoms with E-state index in [4.69, 9.17) is 44.2 Å². The molecule has 3 aromatic carbocycles. The van der Waals surface area contributed by atoms with Crippen LogP contribution in [0.25, 0.3) is 22.3 Å². The molecule has 72 heavy (non-hydrogen) atoms. The fourth-order valence-corrected chi connectivity index (χ4v) is 10.4. The number of hydrogen-bond donors (Lipinski definition) is 3. The minimum atomic E-state index is -4.41. The molecular weight excluding hydrogens is 985 g/mol. The maximum atomic E-state index is 17.7. The molecule has 382 valence electrons. The summed E-state index contributed by atoms with van der Waals surface area (Å²) in [6.45, 7) is 9.65. The molecule has 0 aliphatic carbocycles. The van der Waals surface area contributed by atoms with Gasteiger partial charge in [-0.25, -0.2) is 24.3 Å². The average Bonchev–Trinajstić information content (AvgIpc) is 4.04. The summed E-state index contributed by atoms with van der Waals surface area (Å²) in [5, 5.41) is 2.57. The number of amides is 1. The second-order valence-electron chi connectivity index (χ2n) is 19.0. The summed E-state index contributed by atoms with van der Waals surface area (Å²) in [6, 6.07) is 24.1. The van der Waals surface area contributed by atoms with Crippen molar-refractivity contribution in [2.75, 3.05) is 32.8 Å². The lowest BCUT2D eigenvalue weighted by Crippen LogP contribution is -2.41. The summed E-state index contributed by atoms with van der Waals surface area (Å²) in [5.41, 5.74) is 0.771. The third-order valence-electron chi connectivity index (χ3n) is 13.1. The molecule has 8 rings (SSSR count). The van der Waals surface area contributed by atoms with Crippen LogP contribution in [0.2, 0.25) is 18.1 Å². The highest BCUT2D eigenvalue weighted by molar-refractivity contribution is 8.07. The number of fused-ring (bicyclic) bond motifs is 2. The van der Waals surface area contributed by atoms with E-state index in [1.165, 1.54) is 17.2 Å². The number of alkyl halides is 1. The van der Waals surface area contributed by atoms with Gasteiger partial charge in [0, 0.05) is 12.5 Å². The van der Waals surface area contributed by atoms with Gasteiger partial charge in [-0.1, -0.05) is 89.2 Å². The number of nitrogens with zero attached hydrogens (tertiary/aromatic N) is 7. The number of aromatic amines is 1. The molecule has 0 saturated carbocycles. The SMILES string of the molecule is COc1ccc(C(OC[C@H]2O[C@@H](n3cnc4c(=O)[nH]c(NC(=O)C(C)C)nc43)[C@H](OP(O)(=S)OCc3nc4cncnc4n3CCO[Si](C)(C)C(C)(C)C)[C@@H]2F)(c2ccccc2)c2ccc(OC)cc2)cc1. The van der Waals surface area contributed by atoms with E-state index < -0.39 is 69.2 Å². The van der Waals surface area contributed by atoms with Gasteiger partial charge in [-0.3, -0.25) is 29.0 Å². The number of carbonyl (C=O) groups excluding carboxylic acids is 1. The molecule has 1 saturated heterocycles. The van der Waals surface area contributed by atoms with Crippen LogP contribution in [0.15, 0.2) is 103 Å². The first-order valence-corrected chi connectivity index (χ1v) is 28.8. The number of carbonyl (C=O) groups is 1. The molecule has 7 aromatic rings. The number of nitrogens with one attached hydrogen (secondary N) is 2. The Bertz CT molecular complexity index is 3070.